The van der Waals surface area contributed by atoms with Crippen molar-refractivity contribution in [2.45, 2.75) is 38.1 Å². The van der Waals surface area contributed by atoms with Crippen LogP contribution in [0.25, 0.3) is 22.3 Å². The molecule has 0 unspecified atom stereocenters. The average Bonchev–Trinajstić information content (AvgIpc) is 2.68. The molecule has 1 aromatic carbocycles. The van der Waals surface area contributed by atoms with Gasteiger partial charge in [0.15, 0.2) is 5.82 Å². The number of para-hydroxylation sites is 1. The van der Waals surface area contributed by atoms with Crippen molar-refractivity contribution in [3.05, 3.63) is 48.8 Å². The van der Waals surface area contributed by atoms with E-state index in [2.05, 4.69) is 35.1 Å². The largest absolute Gasteiger partial charge is 0.356 e. The summed E-state index contributed by atoms with van der Waals surface area (Å²) in [7, 11) is 2.18. The summed E-state index contributed by atoms with van der Waals surface area (Å²) in [4.78, 5) is 16.3. The first kappa shape index (κ1) is 15.1. The molecule has 0 bridgehead atoms. The van der Waals surface area contributed by atoms with E-state index in [1.165, 1.54) is 32.1 Å². The second-order valence-electron chi connectivity index (χ2n) is 6.53. The first-order valence-electron chi connectivity index (χ1n) is 8.73. The van der Waals surface area contributed by atoms with Gasteiger partial charge in [0.1, 0.15) is 5.82 Å². The van der Waals surface area contributed by atoms with E-state index in [9.17, 15) is 0 Å². The Kier molecular flexibility index (Phi) is 4.11. The van der Waals surface area contributed by atoms with Crippen molar-refractivity contribution >= 4 is 16.7 Å². The van der Waals surface area contributed by atoms with Crippen molar-refractivity contribution in [1.29, 1.82) is 0 Å². The summed E-state index contributed by atoms with van der Waals surface area (Å²) in [6, 6.07) is 12.8. The van der Waals surface area contributed by atoms with Crippen LogP contribution in [0.2, 0.25) is 0 Å². The minimum absolute atomic E-state index is 0.568. The molecule has 2 aromatic heterocycles. The minimum atomic E-state index is 0.568. The molecule has 1 aliphatic rings. The molecule has 0 atom stereocenters. The summed E-state index contributed by atoms with van der Waals surface area (Å²) in [5.41, 5.74) is 1.95. The smallest absolute Gasteiger partial charge is 0.163 e. The van der Waals surface area contributed by atoms with Crippen LogP contribution in [0.1, 0.15) is 32.1 Å². The van der Waals surface area contributed by atoms with Crippen LogP contribution >= 0.6 is 0 Å². The van der Waals surface area contributed by atoms with Gasteiger partial charge in [-0.05, 0) is 37.1 Å². The molecule has 4 rings (SSSR count). The number of nitrogens with zero attached hydrogens (tertiary/aromatic N) is 4. The Morgan fingerprint density at radius 1 is 0.958 bits per heavy atom. The standard InChI is InChI=1S/C20H22N4/c1-24(16-9-3-2-4-10-16)20-17-11-5-6-12-18(17)22-19(23-20)15-8-7-13-21-14-15/h5-8,11-14,16H,2-4,9-10H2,1H3. The van der Waals surface area contributed by atoms with Crippen LogP contribution in [0.4, 0.5) is 5.82 Å². The van der Waals surface area contributed by atoms with Crippen LogP contribution in [0.5, 0.6) is 0 Å². The molecule has 0 N–H and O–H groups in total. The van der Waals surface area contributed by atoms with Crippen LogP contribution in [-0.4, -0.2) is 28.0 Å². The molecule has 0 spiro atoms. The third-order valence-corrected chi connectivity index (χ3v) is 4.96. The maximum atomic E-state index is 4.92. The Morgan fingerprint density at radius 3 is 2.58 bits per heavy atom. The molecule has 0 aliphatic heterocycles. The third-order valence-electron chi connectivity index (χ3n) is 4.96. The van der Waals surface area contributed by atoms with E-state index < -0.39 is 0 Å². The molecule has 0 saturated heterocycles. The van der Waals surface area contributed by atoms with Gasteiger partial charge >= 0.3 is 0 Å². The summed E-state index contributed by atoms with van der Waals surface area (Å²) in [6.45, 7) is 0. The highest BCUT2D eigenvalue weighted by atomic mass is 15.2. The molecule has 1 aliphatic carbocycles. The molecule has 4 nitrogen and oxygen atoms in total. The number of pyridine rings is 1. The average molecular weight is 318 g/mol. The van der Waals surface area contributed by atoms with E-state index >= 15 is 0 Å². The van der Waals surface area contributed by atoms with E-state index in [1.807, 2.05) is 24.4 Å². The van der Waals surface area contributed by atoms with Gasteiger partial charge in [-0.3, -0.25) is 4.98 Å². The first-order chi connectivity index (χ1) is 11.8. The summed E-state index contributed by atoms with van der Waals surface area (Å²) < 4.78 is 0. The highest BCUT2D eigenvalue weighted by Crippen LogP contribution is 2.31. The number of aromatic nitrogens is 3. The second kappa shape index (κ2) is 6.56. The molecule has 1 fully saturated rings. The Morgan fingerprint density at radius 2 is 1.79 bits per heavy atom. The first-order valence-corrected chi connectivity index (χ1v) is 8.73. The van der Waals surface area contributed by atoms with Gasteiger partial charge in [0.2, 0.25) is 0 Å². The van der Waals surface area contributed by atoms with Gasteiger partial charge in [-0.15, -0.1) is 0 Å². The molecular formula is C20H22N4. The van der Waals surface area contributed by atoms with Gasteiger partial charge in [-0.1, -0.05) is 31.4 Å². The topological polar surface area (TPSA) is 41.9 Å². The normalized spacial score (nSPS) is 15.5. The van der Waals surface area contributed by atoms with Crippen molar-refractivity contribution < 1.29 is 0 Å². The fourth-order valence-corrected chi connectivity index (χ4v) is 3.59. The number of hydrogen-bond acceptors (Lipinski definition) is 4. The van der Waals surface area contributed by atoms with Gasteiger partial charge in [0.05, 0.1) is 5.52 Å². The molecule has 4 heteroatoms. The van der Waals surface area contributed by atoms with Crippen LogP contribution in [-0.2, 0) is 0 Å². The zero-order valence-electron chi connectivity index (χ0n) is 14.0. The van der Waals surface area contributed by atoms with Crippen molar-refractivity contribution in [2.75, 3.05) is 11.9 Å². The summed E-state index contributed by atoms with van der Waals surface area (Å²) in [6.07, 6.45) is 10.1. The van der Waals surface area contributed by atoms with Crippen LogP contribution < -0.4 is 4.90 Å². The van der Waals surface area contributed by atoms with Gasteiger partial charge in [0, 0.05) is 36.4 Å². The number of hydrogen-bond donors (Lipinski definition) is 0. The van der Waals surface area contributed by atoms with Crippen LogP contribution in [0.15, 0.2) is 48.8 Å². The highest BCUT2D eigenvalue weighted by molar-refractivity contribution is 5.91. The monoisotopic (exact) mass is 318 g/mol. The molecule has 3 aromatic rings. The van der Waals surface area contributed by atoms with Gasteiger partial charge in [-0.2, -0.15) is 0 Å². The molecule has 122 valence electrons. The lowest BCUT2D eigenvalue weighted by Crippen LogP contribution is -2.34. The number of fused-ring (bicyclic) bond motifs is 1. The molecule has 1 saturated carbocycles. The molecule has 0 amide bonds. The Balaban J connectivity index is 1.83. The minimum Gasteiger partial charge on any atom is -0.356 e. The number of benzene rings is 1. The zero-order chi connectivity index (χ0) is 16.4. The summed E-state index contributed by atoms with van der Waals surface area (Å²) in [5, 5.41) is 1.12. The maximum Gasteiger partial charge on any atom is 0.163 e. The van der Waals surface area contributed by atoms with Gasteiger partial charge in [-0.25, -0.2) is 9.97 Å². The molecule has 0 radical (unpaired) electrons. The lowest BCUT2D eigenvalue weighted by molar-refractivity contribution is 0.426. The fourth-order valence-electron chi connectivity index (χ4n) is 3.59. The van der Waals surface area contributed by atoms with E-state index in [-0.39, 0.29) is 0 Å². The van der Waals surface area contributed by atoms with Crippen molar-refractivity contribution in [1.82, 2.24) is 15.0 Å². The lowest BCUT2D eigenvalue weighted by Gasteiger charge is -2.32. The van der Waals surface area contributed by atoms with Crippen molar-refractivity contribution in [3.63, 3.8) is 0 Å². The highest BCUT2D eigenvalue weighted by Gasteiger charge is 2.21. The molecular weight excluding hydrogens is 296 g/mol. The number of rotatable bonds is 3. The van der Waals surface area contributed by atoms with Gasteiger partial charge < -0.3 is 4.90 Å². The predicted molar refractivity (Wildman–Crippen MR) is 98.0 cm³/mol. The molecule has 24 heavy (non-hydrogen) atoms. The zero-order valence-corrected chi connectivity index (χ0v) is 14.0. The SMILES string of the molecule is CN(c1nc(-c2cccnc2)nc2ccccc12)C1CCCCC1. The number of anilines is 1. The van der Waals surface area contributed by atoms with Gasteiger partial charge in [0.25, 0.3) is 0 Å². The third kappa shape index (κ3) is 2.84. The Bertz CT molecular complexity index is 825. The van der Waals surface area contributed by atoms with Crippen molar-refractivity contribution in [2.24, 2.45) is 0 Å². The van der Waals surface area contributed by atoms with Crippen LogP contribution in [0, 0.1) is 0 Å². The van der Waals surface area contributed by atoms with Crippen LogP contribution in [0.3, 0.4) is 0 Å². The van der Waals surface area contributed by atoms with E-state index in [0.29, 0.717) is 6.04 Å². The van der Waals surface area contributed by atoms with E-state index in [1.54, 1.807) is 6.20 Å². The Hall–Kier alpha value is -2.49. The van der Waals surface area contributed by atoms with E-state index in [4.69, 9.17) is 9.97 Å². The lowest BCUT2D eigenvalue weighted by atomic mass is 9.94. The second-order valence-corrected chi connectivity index (χ2v) is 6.53. The van der Waals surface area contributed by atoms with E-state index in [0.717, 1.165) is 28.1 Å². The molecule has 2 heterocycles. The fraction of sp³-hybridized carbons (Fsp3) is 0.350. The predicted octanol–water partition coefficient (Wildman–Crippen LogP) is 4.46. The quantitative estimate of drug-likeness (QED) is 0.715. The summed E-state index contributed by atoms with van der Waals surface area (Å²) in [5.74, 6) is 1.78. The maximum absolute atomic E-state index is 4.92. The Labute approximate surface area is 142 Å². The van der Waals surface area contributed by atoms with Crippen molar-refractivity contribution in [3.8, 4) is 11.4 Å². The summed E-state index contributed by atoms with van der Waals surface area (Å²) >= 11 is 0.